The van der Waals surface area contributed by atoms with E-state index in [1.54, 1.807) is 22.8 Å². The average molecular weight is 289 g/mol. The van der Waals surface area contributed by atoms with Crippen molar-refractivity contribution < 1.29 is 13.9 Å². The van der Waals surface area contributed by atoms with Crippen LogP contribution in [0.15, 0.2) is 27.4 Å². The lowest BCUT2D eigenvalue weighted by Gasteiger charge is -2.08. The fraction of sp³-hybridized carbons (Fsp3) is 0.500. The van der Waals surface area contributed by atoms with E-state index in [0.29, 0.717) is 24.1 Å². The van der Waals surface area contributed by atoms with E-state index in [-0.39, 0.29) is 17.6 Å². The zero-order chi connectivity index (χ0) is 14.8. The van der Waals surface area contributed by atoms with E-state index >= 15 is 0 Å². The number of hydrogen-bond acceptors (Lipinski definition) is 4. The predicted octanol–water partition coefficient (Wildman–Crippen LogP) is 2.76. The van der Waals surface area contributed by atoms with Gasteiger partial charge in [0, 0.05) is 25.1 Å². The maximum atomic E-state index is 12.2. The van der Waals surface area contributed by atoms with Gasteiger partial charge in [-0.3, -0.25) is 9.36 Å². The van der Waals surface area contributed by atoms with E-state index in [1.165, 1.54) is 0 Å². The van der Waals surface area contributed by atoms with Gasteiger partial charge in [-0.1, -0.05) is 0 Å². The third-order valence-corrected chi connectivity index (χ3v) is 4.02. The van der Waals surface area contributed by atoms with Crippen LogP contribution in [0.1, 0.15) is 43.0 Å². The van der Waals surface area contributed by atoms with Gasteiger partial charge in [-0.15, -0.1) is 0 Å². The molecule has 5 nitrogen and oxygen atoms in total. The van der Waals surface area contributed by atoms with Crippen molar-refractivity contribution in [2.24, 2.45) is 0 Å². The third-order valence-electron chi connectivity index (χ3n) is 4.02. The first-order valence-corrected chi connectivity index (χ1v) is 7.47. The predicted molar refractivity (Wildman–Crippen MR) is 78.7 cm³/mol. The number of oxazole rings is 1. The van der Waals surface area contributed by atoms with Gasteiger partial charge in [0.15, 0.2) is 11.4 Å². The number of benzene rings is 1. The van der Waals surface area contributed by atoms with Crippen LogP contribution >= 0.6 is 0 Å². The molecule has 0 N–H and O–H groups in total. The summed E-state index contributed by atoms with van der Waals surface area (Å²) in [5.41, 5.74) is 1.81. The minimum Gasteiger partial charge on any atom is -0.408 e. The molecule has 3 rings (SSSR count). The monoisotopic (exact) mass is 289 g/mol. The summed E-state index contributed by atoms with van der Waals surface area (Å²) < 4.78 is 12.3. The molecule has 1 aliphatic heterocycles. The number of ketones is 1. The first-order chi connectivity index (χ1) is 10.2. The molecule has 0 spiro atoms. The minimum absolute atomic E-state index is 0.0688. The molecule has 0 amide bonds. The Labute approximate surface area is 122 Å². The summed E-state index contributed by atoms with van der Waals surface area (Å²) in [6, 6.07) is 5.21. The molecule has 0 saturated carbocycles. The van der Waals surface area contributed by atoms with Crippen LogP contribution in [0.5, 0.6) is 0 Å². The van der Waals surface area contributed by atoms with Crippen molar-refractivity contribution in [3.63, 3.8) is 0 Å². The van der Waals surface area contributed by atoms with Crippen molar-refractivity contribution in [2.45, 2.75) is 45.3 Å². The molecule has 2 aromatic rings. The summed E-state index contributed by atoms with van der Waals surface area (Å²) >= 11 is 0. The van der Waals surface area contributed by atoms with E-state index in [1.807, 2.05) is 6.92 Å². The Kier molecular flexibility index (Phi) is 3.92. The van der Waals surface area contributed by atoms with Gasteiger partial charge in [0.05, 0.1) is 11.6 Å². The quantitative estimate of drug-likeness (QED) is 0.794. The Morgan fingerprint density at radius 3 is 3.00 bits per heavy atom. The van der Waals surface area contributed by atoms with E-state index in [4.69, 9.17) is 9.15 Å². The minimum atomic E-state index is -0.378. The highest BCUT2D eigenvalue weighted by atomic mass is 16.5. The van der Waals surface area contributed by atoms with Crippen LogP contribution < -0.4 is 5.76 Å². The van der Waals surface area contributed by atoms with Gasteiger partial charge in [-0.25, -0.2) is 4.79 Å². The van der Waals surface area contributed by atoms with Gasteiger partial charge in [-0.2, -0.15) is 0 Å². The largest absolute Gasteiger partial charge is 0.419 e. The van der Waals surface area contributed by atoms with Crippen molar-refractivity contribution in [3.8, 4) is 0 Å². The number of ether oxygens (including phenoxy) is 1. The number of carbonyl (C=O) groups excluding carboxylic acids is 1. The van der Waals surface area contributed by atoms with Crippen LogP contribution in [-0.2, 0) is 11.3 Å². The average Bonchev–Trinajstić information content (AvgIpc) is 3.10. The number of nitrogens with zero attached hydrogens (tertiary/aromatic N) is 1. The topological polar surface area (TPSA) is 61.4 Å². The molecule has 1 atom stereocenters. The summed E-state index contributed by atoms with van der Waals surface area (Å²) in [5, 5.41) is 0. The molecular weight excluding hydrogens is 270 g/mol. The molecule has 5 heteroatoms. The number of carbonyl (C=O) groups is 1. The molecule has 1 aliphatic rings. The molecule has 1 unspecified atom stereocenters. The van der Waals surface area contributed by atoms with Crippen molar-refractivity contribution in [2.75, 3.05) is 6.61 Å². The first kappa shape index (κ1) is 14.1. The zero-order valence-electron chi connectivity index (χ0n) is 12.1. The van der Waals surface area contributed by atoms with Crippen LogP contribution in [-0.4, -0.2) is 23.1 Å². The second-order valence-corrected chi connectivity index (χ2v) is 5.39. The van der Waals surface area contributed by atoms with Crippen molar-refractivity contribution >= 4 is 16.9 Å². The summed E-state index contributed by atoms with van der Waals surface area (Å²) in [6.45, 7) is 3.25. The second-order valence-electron chi connectivity index (χ2n) is 5.39. The van der Waals surface area contributed by atoms with Gasteiger partial charge in [-0.05, 0) is 44.4 Å². The molecule has 1 fully saturated rings. The molecule has 112 valence electrons. The summed E-state index contributed by atoms with van der Waals surface area (Å²) in [6.07, 6.45) is 3.57. The third kappa shape index (κ3) is 2.78. The number of aromatic nitrogens is 1. The molecule has 0 bridgehead atoms. The standard InChI is InChI=1S/C16H19NO4/c1-2-17-13-7-5-11(10-15(13)21-16(17)19)14(18)8-6-12-4-3-9-20-12/h5,7,10,12H,2-4,6,8-9H2,1H3. The van der Waals surface area contributed by atoms with Crippen molar-refractivity contribution in [1.29, 1.82) is 0 Å². The fourth-order valence-electron chi connectivity index (χ4n) is 2.85. The summed E-state index contributed by atoms with van der Waals surface area (Å²) in [4.78, 5) is 23.9. The SMILES string of the molecule is CCn1c(=O)oc2cc(C(=O)CCC3CCCO3)ccc21. The van der Waals surface area contributed by atoms with Gasteiger partial charge in [0.1, 0.15) is 0 Å². The lowest BCUT2D eigenvalue weighted by atomic mass is 10.0. The number of rotatable bonds is 5. The molecule has 0 aliphatic carbocycles. The molecule has 1 aromatic heterocycles. The summed E-state index contributed by atoms with van der Waals surface area (Å²) in [5.74, 6) is -0.309. The zero-order valence-corrected chi connectivity index (χ0v) is 12.1. The number of hydrogen-bond donors (Lipinski definition) is 0. The van der Waals surface area contributed by atoms with E-state index in [2.05, 4.69) is 0 Å². The molecule has 2 heterocycles. The van der Waals surface area contributed by atoms with Gasteiger partial charge in [0.25, 0.3) is 0 Å². The molecule has 21 heavy (non-hydrogen) atoms. The van der Waals surface area contributed by atoms with Gasteiger partial charge in [0.2, 0.25) is 0 Å². The molecule has 0 radical (unpaired) electrons. The first-order valence-electron chi connectivity index (χ1n) is 7.47. The maximum absolute atomic E-state index is 12.2. The second kappa shape index (κ2) is 5.85. The van der Waals surface area contributed by atoms with Crippen LogP contribution in [0.2, 0.25) is 0 Å². The Balaban J connectivity index is 1.77. The van der Waals surface area contributed by atoms with Gasteiger partial charge >= 0.3 is 5.76 Å². The van der Waals surface area contributed by atoms with Crippen LogP contribution in [0.25, 0.3) is 11.1 Å². The lowest BCUT2D eigenvalue weighted by Crippen LogP contribution is -2.12. The highest BCUT2D eigenvalue weighted by molar-refractivity contribution is 5.98. The van der Waals surface area contributed by atoms with Crippen LogP contribution in [0.4, 0.5) is 0 Å². The molecular formula is C16H19NO4. The van der Waals surface area contributed by atoms with Gasteiger partial charge < -0.3 is 9.15 Å². The van der Waals surface area contributed by atoms with Crippen LogP contribution in [0, 0.1) is 0 Å². The van der Waals surface area contributed by atoms with Crippen molar-refractivity contribution in [1.82, 2.24) is 4.57 Å². The Hall–Kier alpha value is -1.88. The number of aryl methyl sites for hydroxylation is 1. The normalized spacial score (nSPS) is 18.4. The molecule has 1 saturated heterocycles. The highest BCUT2D eigenvalue weighted by Crippen LogP contribution is 2.20. The van der Waals surface area contributed by atoms with E-state index in [9.17, 15) is 9.59 Å². The summed E-state index contributed by atoms with van der Waals surface area (Å²) in [7, 11) is 0. The highest BCUT2D eigenvalue weighted by Gasteiger charge is 2.18. The fourth-order valence-corrected chi connectivity index (χ4v) is 2.85. The Bertz CT molecular complexity index is 707. The Morgan fingerprint density at radius 1 is 1.43 bits per heavy atom. The molecule has 1 aromatic carbocycles. The Morgan fingerprint density at radius 2 is 2.29 bits per heavy atom. The number of Topliss-reactive ketones (excluding diaryl/α,β-unsaturated/α-hetero) is 1. The van der Waals surface area contributed by atoms with Crippen LogP contribution in [0.3, 0.4) is 0 Å². The van der Waals surface area contributed by atoms with E-state index in [0.717, 1.165) is 31.4 Å². The maximum Gasteiger partial charge on any atom is 0.419 e. The number of fused-ring (bicyclic) bond motifs is 1. The van der Waals surface area contributed by atoms with E-state index < -0.39 is 0 Å². The lowest BCUT2D eigenvalue weighted by molar-refractivity contribution is 0.0859. The smallest absolute Gasteiger partial charge is 0.408 e. The van der Waals surface area contributed by atoms with Crippen molar-refractivity contribution in [3.05, 3.63) is 34.3 Å².